The van der Waals surface area contributed by atoms with E-state index in [1.807, 2.05) is 0 Å². The Morgan fingerprint density at radius 1 is 1.03 bits per heavy atom. The molecular formula is C24H26ClN3O7. The van der Waals surface area contributed by atoms with Crippen LogP contribution in [0.4, 0.5) is 0 Å². The molecule has 2 N–H and O–H groups in total. The molecule has 0 spiro atoms. The minimum atomic E-state index is -0.625. The minimum absolute atomic E-state index is 0.111. The molecule has 1 heterocycles. The van der Waals surface area contributed by atoms with Gasteiger partial charge in [0.25, 0.3) is 11.8 Å². The van der Waals surface area contributed by atoms with E-state index in [9.17, 15) is 19.2 Å². The van der Waals surface area contributed by atoms with Gasteiger partial charge in [0.15, 0.2) is 0 Å². The molecule has 0 atom stereocenters. The molecular weight excluding hydrogens is 478 g/mol. The molecule has 0 saturated carbocycles. The van der Waals surface area contributed by atoms with Crippen molar-refractivity contribution in [3.63, 3.8) is 0 Å². The zero-order chi connectivity index (χ0) is 25.4. The lowest BCUT2D eigenvalue weighted by Crippen LogP contribution is -2.43. The monoisotopic (exact) mass is 503 g/mol. The highest BCUT2D eigenvalue weighted by molar-refractivity contribution is 6.31. The topological polar surface area (TPSA) is 123 Å². The van der Waals surface area contributed by atoms with Crippen LogP contribution in [0.2, 0.25) is 5.02 Å². The number of ether oxygens (including phenoxy) is 3. The summed E-state index contributed by atoms with van der Waals surface area (Å²) in [7, 11) is 2.65. The first-order valence-corrected chi connectivity index (χ1v) is 11.2. The fraction of sp³-hybridized carbons (Fsp3) is 0.333. The zero-order valence-corrected chi connectivity index (χ0v) is 20.1. The number of rotatable bonds is 3. The molecule has 0 fully saturated rings. The van der Waals surface area contributed by atoms with Crippen molar-refractivity contribution in [3.8, 4) is 11.5 Å². The number of methoxy groups -OCH3 is 2. The summed E-state index contributed by atoms with van der Waals surface area (Å²) in [6, 6.07) is 9.04. The number of nitrogens with one attached hydrogen (secondary N) is 2. The van der Waals surface area contributed by atoms with Crippen LogP contribution in [0, 0.1) is 0 Å². The number of benzene rings is 2. The first-order valence-electron chi connectivity index (χ1n) is 10.9. The summed E-state index contributed by atoms with van der Waals surface area (Å²) in [6.07, 6.45) is 0.370. The predicted octanol–water partition coefficient (Wildman–Crippen LogP) is 1.91. The lowest BCUT2D eigenvalue weighted by atomic mass is 10.1. The fourth-order valence-electron chi connectivity index (χ4n) is 3.46. The van der Waals surface area contributed by atoms with Crippen LogP contribution in [0.5, 0.6) is 11.5 Å². The van der Waals surface area contributed by atoms with Gasteiger partial charge in [0.1, 0.15) is 18.1 Å². The van der Waals surface area contributed by atoms with Gasteiger partial charge in [-0.15, -0.1) is 0 Å². The van der Waals surface area contributed by atoms with Crippen LogP contribution in [0.1, 0.15) is 37.5 Å². The Balaban J connectivity index is 1.81. The molecule has 3 amide bonds. The number of esters is 1. The zero-order valence-electron chi connectivity index (χ0n) is 19.4. The number of halogens is 1. The Bertz CT molecular complexity index is 1120. The molecule has 11 heteroatoms. The molecule has 0 aliphatic carbocycles. The van der Waals surface area contributed by atoms with E-state index >= 15 is 0 Å². The Morgan fingerprint density at radius 3 is 2.54 bits per heavy atom. The number of amides is 3. The predicted molar refractivity (Wildman–Crippen MR) is 127 cm³/mol. The van der Waals surface area contributed by atoms with Gasteiger partial charge in [-0.05, 0) is 42.8 Å². The third kappa shape index (κ3) is 6.86. The summed E-state index contributed by atoms with van der Waals surface area (Å²) in [5, 5.41) is 5.87. The third-order valence-electron chi connectivity index (χ3n) is 5.19. The summed E-state index contributed by atoms with van der Waals surface area (Å²) >= 11 is 6.03. The fourth-order valence-corrected chi connectivity index (χ4v) is 3.64. The van der Waals surface area contributed by atoms with Crippen molar-refractivity contribution in [1.82, 2.24) is 15.5 Å². The number of nitrogens with zero attached hydrogens (tertiary/aromatic N) is 1. The van der Waals surface area contributed by atoms with E-state index in [4.69, 9.17) is 25.8 Å². The number of carbonyl (C=O) groups is 4. The maximum Gasteiger partial charge on any atom is 0.338 e. The van der Waals surface area contributed by atoms with E-state index in [0.717, 1.165) is 0 Å². The highest BCUT2D eigenvalue weighted by atomic mass is 35.5. The molecule has 2 aromatic carbocycles. The lowest BCUT2D eigenvalue weighted by Gasteiger charge is -2.23. The molecule has 2 aromatic rings. The van der Waals surface area contributed by atoms with E-state index in [1.54, 1.807) is 12.1 Å². The molecule has 0 saturated heterocycles. The smallest absolute Gasteiger partial charge is 0.338 e. The second-order valence-corrected chi connectivity index (χ2v) is 8.05. The Morgan fingerprint density at radius 2 is 1.80 bits per heavy atom. The van der Waals surface area contributed by atoms with E-state index in [2.05, 4.69) is 10.6 Å². The maximum atomic E-state index is 13.3. The average Bonchev–Trinajstić information content (AvgIpc) is 2.87. The van der Waals surface area contributed by atoms with Gasteiger partial charge in [0, 0.05) is 23.7 Å². The average molecular weight is 504 g/mol. The number of carbonyl (C=O) groups excluding carboxylic acids is 4. The van der Waals surface area contributed by atoms with Gasteiger partial charge in [0.2, 0.25) is 5.91 Å². The third-order valence-corrected chi connectivity index (χ3v) is 5.43. The van der Waals surface area contributed by atoms with Crippen molar-refractivity contribution in [2.75, 3.05) is 47.0 Å². The highest BCUT2D eigenvalue weighted by Gasteiger charge is 2.22. The SMILES string of the molecule is COC(=O)c1cc(OC)cc(C(=O)N2CCCNC(=O)c3cc(Cl)ccc3OCCNC(=O)C2)c1. The Labute approximate surface area is 207 Å². The molecule has 0 bridgehead atoms. The van der Waals surface area contributed by atoms with Crippen molar-refractivity contribution in [3.05, 3.63) is 58.1 Å². The highest BCUT2D eigenvalue weighted by Crippen LogP contribution is 2.23. The lowest BCUT2D eigenvalue weighted by molar-refractivity contribution is -0.121. The van der Waals surface area contributed by atoms with Gasteiger partial charge in [-0.1, -0.05) is 11.6 Å². The van der Waals surface area contributed by atoms with Crippen molar-refractivity contribution in [1.29, 1.82) is 0 Å². The number of hydrogen-bond donors (Lipinski definition) is 2. The van der Waals surface area contributed by atoms with Crippen LogP contribution in [0.15, 0.2) is 36.4 Å². The van der Waals surface area contributed by atoms with E-state index in [-0.39, 0.29) is 61.3 Å². The summed E-state index contributed by atoms with van der Waals surface area (Å²) in [6.45, 7) is 0.470. The van der Waals surface area contributed by atoms with E-state index in [1.165, 1.54) is 43.4 Å². The van der Waals surface area contributed by atoms with Crippen LogP contribution in [0.3, 0.4) is 0 Å². The van der Waals surface area contributed by atoms with Crippen LogP contribution >= 0.6 is 11.6 Å². The molecule has 0 aromatic heterocycles. The van der Waals surface area contributed by atoms with E-state index in [0.29, 0.717) is 22.9 Å². The minimum Gasteiger partial charge on any atom is -0.497 e. The first kappa shape index (κ1) is 25.8. The van der Waals surface area contributed by atoms with E-state index < -0.39 is 11.9 Å². The van der Waals surface area contributed by atoms with Crippen LogP contribution in [-0.4, -0.2) is 75.6 Å². The van der Waals surface area contributed by atoms with Gasteiger partial charge in [-0.25, -0.2) is 4.79 Å². The molecule has 0 radical (unpaired) electrons. The van der Waals surface area contributed by atoms with Crippen LogP contribution in [0.25, 0.3) is 0 Å². The largest absolute Gasteiger partial charge is 0.497 e. The normalized spacial score (nSPS) is 15.0. The number of fused-ring (bicyclic) bond motifs is 1. The van der Waals surface area contributed by atoms with Gasteiger partial charge in [-0.2, -0.15) is 0 Å². The summed E-state index contributed by atoms with van der Waals surface area (Å²) in [5.41, 5.74) is 0.582. The molecule has 3 rings (SSSR count). The van der Waals surface area contributed by atoms with Gasteiger partial charge in [-0.3, -0.25) is 14.4 Å². The molecule has 0 unspecified atom stereocenters. The van der Waals surface area contributed by atoms with Gasteiger partial charge in [0.05, 0.1) is 38.4 Å². The second-order valence-electron chi connectivity index (χ2n) is 7.62. The Hall–Kier alpha value is -3.79. The molecule has 1 aliphatic rings. The quantitative estimate of drug-likeness (QED) is 0.613. The van der Waals surface area contributed by atoms with Crippen LogP contribution in [-0.2, 0) is 9.53 Å². The van der Waals surface area contributed by atoms with Crippen molar-refractivity contribution < 1.29 is 33.4 Å². The van der Waals surface area contributed by atoms with Crippen molar-refractivity contribution in [2.45, 2.75) is 6.42 Å². The molecule has 186 valence electrons. The summed E-state index contributed by atoms with van der Waals surface area (Å²) < 4.78 is 15.6. The molecule has 35 heavy (non-hydrogen) atoms. The first-order chi connectivity index (χ1) is 16.8. The van der Waals surface area contributed by atoms with Gasteiger partial charge >= 0.3 is 5.97 Å². The molecule has 10 nitrogen and oxygen atoms in total. The second kappa shape index (κ2) is 12.1. The maximum absolute atomic E-state index is 13.3. The summed E-state index contributed by atoms with van der Waals surface area (Å²) in [4.78, 5) is 51.8. The van der Waals surface area contributed by atoms with Crippen molar-refractivity contribution >= 4 is 35.3 Å². The summed E-state index contributed by atoms with van der Waals surface area (Å²) in [5.74, 6) is -1.19. The van der Waals surface area contributed by atoms with Crippen LogP contribution < -0.4 is 20.1 Å². The molecule has 1 aliphatic heterocycles. The Kier molecular flexibility index (Phi) is 8.91. The number of hydrogen-bond acceptors (Lipinski definition) is 7. The van der Waals surface area contributed by atoms with Gasteiger partial charge < -0.3 is 29.7 Å². The standard InChI is InChI=1S/C24H26ClN3O7/c1-33-18-11-15(10-16(12-18)24(32)34-2)23(31)28-8-3-6-27-22(30)19-13-17(25)4-5-20(19)35-9-7-26-21(29)14-28/h4-5,10-13H,3,6-9,14H2,1-2H3,(H,26,29)(H,27,30). The van der Waals surface area contributed by atoms with Crippen molar-refractivity contribution in [2.24, 2.45) is 0 Å².